The zero-order valence-corrected chi connectivity index (χ0v) is 21.5. The van der Waals surface area contributed by atoms with Crippen LogP contribution in [-0.2, 0) is 28.6 Å². The average molecular weight is 584 g/mol. The molecular formula is C23H29F5N4O8. The number of esters is 1. The zero-order chi connectivity index (χ0) is 30.4. The minimum Gasteiger partial charge on any atom is -0.475 e. The van der Waals surface area contributed by atoms with Gasteiger partial charge in [0.15, 0.2) is 11.6 Å². The van der Waals surface area contributed by atoms with Crippen LogP contribution in [0.25, 0.3) is 0 Å². The number of rotatable bonds is 8. The van der Waals surface area contributed by atoms with Crippen LogP contribution in [0.1, 0.15) is 19.8 Å². The Morgan fingerprint density at radius 2 is 1.73 bits per heavy atom. The van der Waals surface area contributed by atoms with E-state index in [1.807, 2.05) is 0 Å². The molecule has 0 bridgehead atoms. The second kappa shape index (κ2) is 13.2. The molecule has 1 amide bonds. The van der Waals surface area contributed by atoms with E-state index in [9.17, 15) is 36.3 Å². The van der Waals surface area contributed by atoms with Crippen LogP contribution in [0.3, 0.4) is 0 Å². The molecule has 1 aromatic rings. The number of carboxylic acids is 1. The molecule has 2 aliphatic rings. The number of nitrogens with zero attached hydrogens (tertiary/aromatic N) is 2. The van der Waals surface area contributed by atoms with Crippen molar-refractivity contribution in [2.75, 3.05) is 49.7 Å². The number of carboxylic acid groups (broad SMARTS) is 1. The monoisotopic (exact) mass is 584 g/mol. The summed E-state index contributed by atoms with van der Waals surface area (Å²) < 4.78 is 77.5. The minimum atomic E-state index is -5.08. The fourth-order valence-electron chi connectivity index (χ4n) is 4.11. The molecule has 224 valence electrons. The van der Waals surface area contributed by atoms with Crippen LogP contribution in [0.2, 0.25) is 0 Å². The number of ether oxygens (including phenoxy) is 3. The van der Waals surface area contributed by atoms with Gasteiger partial charge in [-0.3, -0.25) is 14.5 Å². The molecule has 40 heavy (non-hydrogen) atoms. The van der Waals surface area contributed by atoms with Crippen LogP contribution in [0.15, 0.2) is 12.1 Å². The van der Waals surface area contributed by atoms with Gasteiger partial charge in [-0.25, -0.2) is 18.4 Å². The number of anilines is 2. The first-order valence-corrected chi connectivity index (χ1v) is 11.7. The lowest BCUT2D eigenvalue weighted by atomic mass is 9.91. The third kappa shape index (κ3) is 7.98. The molecule has 5 N–H and O–H groups in total. The molecule has 0 radical (unpaired) electrons. The van der Waals surface area contributed by atoms with E-state index in [1.165, 1.54) is 18.9 Å². The molecule has 3 rings (SSSR count). The molecule has 2 saturated heterocycles. The molecule has 2 fully saturated rings. The maximum Gasteiger partial charge on any atom is 0.490 e. The van der Waals surface area contributed by atoms with Crippen molar-refractivity contribution in [2.24, 2.45) is 11.5 Å². The molecule has 2 atom stereocenters. The average Bonchev–Trinajstić information content (AvgIpc) is 3.25. The van der Waals surface area contributed by atoms with Crippen molar-refractivity contribution in [3.8, 4) is 0 Å². The summed E-state index contributed by atoms with van der Waals surface area (Å²) in [5.74, 6) is -5.44. The number of piperidine rings is 1. The highest BCUT2D eigenvalue weighted by Gasteiger charge is 2.41. The first-order valence-electron chi connectivity index (χ1n) is 11.7. The first-order chi connectivity index (χ1) is 18.5. The lowest BCUT2D eigenvalue weighted by molar-refractivity contribution is -0.192. The van der Waals surface area contributed by atoms with Gasteiger partial charge in [-0.05, 0) is 6.92 Å². The number of halogens is 5. The van der Waals surface area contributed by atoms with E-state index in [2.05, 4.69) is 0 Å². The molecular weight excluding hydrogens is 555 g/mol. The number of ketones is 1. The van der Waals surface area contributed by atoms with Gasteiger partial charge in [-0.2, -0.15) is 13.2 Å². The minimum absolute atomic E-state index is 0.0420. The van der Waals surface area contributed by atoms with Crippen molar-refractivity contribution in [1.29, 1.82) is 0 Å². The van der Waals surface area contributed by atoms with E-state index in [0.29, 0.717) is 0 Å². The van der Waals surface area contributed by atoms with Crippen LogP contribution >= 0.6 is 0 Å². The highest BCUT2D eigenvalue weighted by molar-refractivity contribution is 5.91. The van der Waals surface area contributed by atoms with Crippen molar-refractivity contribution >= 4 is 35.2 Å². The Labute approximate surface area is 224 Å². The molecule has 2 heterocycles. The highest BCUT2D eigenvalue weighted by Crippen LogP contribution is 2.35. The maximum atomic E-state index is 15.0. The molecule has 0 aliphatic carbocycles. The van der Waals surface area contributed by atoms with E-state index < -0.39 is 53.6 Å². The summed E-state index contributed by atoms with van der Waals surface area (Å²) in [6.07, 6.45) is -6.26. The largest absolute Gasteiger partial charge is 0.490 e. The number of alkyl halides is 3. The summed E-state index contributed by atoms with van der Waals surface area (Å²) in [7, 11) is 1.47. The molecule has 12 nitrogen and oxygen atoms in total. The van der Waals surface area contributed by atoms with Gasteiger partial charge in [0.2, 0.25) is 0 Å². The van der Waals surface area contributed by atoms with Crippen molar-refractivity contribution in [3.63, 3.8) is 0 Å². The molecule has 2 aliphatic heterocycles. The number of carbonyl (C=O) groups excluding carboxylic acids is 3. The van der Waals surface area contributed by atoms with Gasteiger partial charge in [0.1, 0.15) is 29.2 Å². The highest BCUT2D eigenvalue weighted by atomic mass is 19.4. The van der Waals surface area contributed by atoms with Crippen molar-refractivity contribution < 1.29 is 60.4 Å². The number of carbonyl (C=O) groups is 4. The Morgan fingerprint density at radius 3 is 2.15 bits per heavy atom. The standard InChI is InChI=1S/C21H28F2N4O6.C2HF3O2/c1-12(28)18(25)16-10-27(20(30)32-16)13-7-14(22)19(15(23)8-13)26-5-3-21(4-6-26,11-31-2)33-17(29)9-24;3-2(4,5)1(6)7/h7-8,16,18H,3-6,9-11,24-25H2,1-2H3;(H,6,7)/t16-,18?;/m0./s1. The topological polar surface area (TPSA) is 175 Å². The fourth-order valence-corrected chi connectivity index (χ4v) is 4.11. The molecule has 1 aromatic carbocycles. The number of hydrogen-bond donors (Lipinski definition) is 3. The van der Waals surface area contributed by atoms with Crippen molar-refractivity contribution in [1.82, 2.24) is 0 Å². The third-order valence-electron chi connectivity index (χ3n) is 6.16. The van der Waals surface area contributed by atoms with Crippen LogP contribution in [-0.4, -0.2) is 92.7 Å². The Bertz CT molecular complexity index is 1090. The Balaban J connectivity index is 0.000000708. The first kappa shape index (κ1) is 32.6. The Kier molecular flexibility index (Phi) is 10.8. The molecule has 0 saturated carbocycles. The number of cyclic esters (lactones) is 1. The number of methoxy groups -OCH3 is 1. The summed E-state index contributed by atoms with van der Waals surface area (Å²) >= 11 is 0. The van der Waals surface area contributed by atoms with Crippen LogP contribution in [0, 0.1) is 11.6 Å². The van der Waals surface area contributed by atoms with Crippen LogP contribution in [0.5, 0.6) is 0 Å². The van der Waals surface area contributed by atoms with Crippen LogP contribution < -0.4 is 21.3 Å². The number of aliphatic carboxylic acids is 1. The second-order valence-electron chi connectivity index (χ2n) is 9.01. The third-order valence-corrected chi connectivity index (χ3v) is 6.16. The summed E-state index contributed by atoms with van der Waals surface area (Å²) in [5.41, 5.74) is 9.85. The normalized spacial score (nSPS) is 19.3. The summed E-state index contributed by atoms with van der Waals surface area (Å²) in [5, 5.41) is 7.12. The van der Waals surface area contributed by atoms with E-state index in [-0.39, 0.29) is 62.8 Å². The number of hydrogen-bond acceptors (Lipinski definition) is 10. The predicted molar refractivity (Wildman–Crippen MR) is 128 cm³/mol. The maximum absolute atomic E-state index is 15.0. The second-order valence-corrected chi connectivity index (χ2v) is 9.01. The number of amides is 1. The van der Waals surface area contributed by atoms with Crippen molar-refractivity contribution in [2.45, 2.75) is 43.7 Å². The zero-order valence-electron chi connectivity index (χ0n) is 21.5. The summed E-state index contributed by atoms with van der Waals surface area (Å²) in [6.45, 7) is 1.43. The predicted octanol–water partition coefficient (Wildman–Crippen LogP) is 1.33. The number of Topliss-reactive ketones (excluding diaryl/α,β-unsaturated/α-hetero) is 1. The molecule has 17 heteroatoms. The van der Waals surface area contributed by atoms with E-state index >= 15 is 0 Å². The van der Waals surface area contributed by atoms with Gasteiger partial charge in [-0.15, -0.1) is 0 Å². The van der Waals surface area contributed by atoms with Gasteiger partial charge in [-0.1, -0.05) is 0 Å². The van der Waals surface area contributed by atoms with Gasteiger partial charge in [0, 0.05) is 45.2 Å². The number of benzene rings is 1. The molecule has 1 unspecified atom stereocenters. The van der Waals surface area contributed by atoms with E-state index in [1.54, 1.807) is 0 Å². The van der Waals surface area contributed by atoms with Gasteiger partial charge in [0.25, 0.3) is 0 Å². The lowest BCUT2D eigenvalue weighted by Crippen LogP contribution is -2.51. The van der Waals surface area contributed by atoms with E-state index in [0.717, 1.165) is 17.0 Å². The number of nitrogens with two attached hydrogens (primary N) is 2. The van der Waals surface area contributed by atoms with Gasteiger partial charge in [0.05, 0.1) is 25.4 Å². The van der Waals surface area contributed by atoms with E-state index in [4.69, 9.17) is 35.6 Å². The SMILES string of the molecule is COCC1(OC(=O)CN)CCN(c2c(F)cc(N3C[C@@H](C(N)C(C)=O)OC3=O)cc2F)CC1.O=C(O)C(F)(F)F. The summed E-state index contributed by atoms with van der Waals surface area (Å²) in [4.78, 5) is 46.8. The quantitative estimate of drug-likeness (QED) is 0.297. The summed E-state index contributed by atoms with van der Waals surface area (Å²) in [6, 6.07) is 1.04. The molecule has 0 aromatic heterocycles. The lowest BCUT2D eigenvalue weighted by Gasteiger charge is -2.41. The van der Waals surface area contributed by atoms with Crippen LogP contribution in [0.4, 0.5) is 38.1 Å². The Morgan fingerprint density at radius 1 is 1.20 bits per heavy atom. The fraction of sp³-hybridized carbons (Fsp3) is 0.565. The Hall–Kier alpha value is -3.57. The van der Waals surface area contributed by atoms with Crippen molar-refractivity contribution in [3.05, 3.63) is 23.8 Å². The van der Waals surface area contributed by atoms with Gasteiger partial charge < -0.3 is 35.7 Å². The molecule has 0 spiro atoms. The smallest absolute Gasteiger partial charge is 0.475 e. The van der Waals surface area contributed by atoms with Gasteiger partial charge >= 0.3 is 24.2 Å².